The van der Waals surface area contributed by atoms with Crippen molar-refractivity contribution in [3.05, 3.63) is 96.0 Å². The van der Waals surface area contributed by atoms with Gasteiger partial charge in [0.05, 0.1) is 12.2 Å². The predicted octanol–water partition coefficient (Wildman–Crippen LogP) is 6.36. The molecule has 3 aromatic rings. The molecule has 10 nitrogen and oxygen atoms in total. The Morgan fingerprint density at radius 1 is 1.12 bits per heavy atom. The number of primary amides is 1. The van der Waals surface area contributed by atoms with E-state index in [1.165, 1.54) is 23.8 Å². The number of hydrogen-bond acceptors (Lipinski definition) is 7. The van der Waals surface area contributed by atoms with Crippen LogP contribution < -0.4 is 16.8 Å². The molecule has 0 unspecified atom stereocenters. The van der Waals surface area contributed by atoms with Gasteiger partial charge in [-0.05, 0) is 78.9 Å². The van der Waals surface area contributed by atoms with E-state index in [0.29, 0.717) is 12.5 Å². The third-order valence-corrected chi connectivity index (χ3v) is 9.23. The van der Waals surface area contributed by atoms with E-state index in [9.17, 15) is 0 Å². The first-order valence-corrected chi connectivity index (χ1v) is 18.3. The third kappa shape index (κ3) is 10.4. The first-order chi connectivity index (χ1) is 24.7. The molecule has 10 heteroatoms. The summed E-state index contributed by atoms with van der Waals surface area (Å²) in [6.07, 6.45) is 12.9. The van der Waals surface area contributed by atoms with Crippen LogP contribution in [-0.2, 0) is 11.3 Å². The van der Waals surface area contributed by atoms with E-state index in [4.69, 9.17) is 25.5 Å². The number of guanidine groups is 2. The lowest BCUT2D eigenvalue weighted by Gasteiger charge is -2.38. The summed E-state index contributed by atoms with van der Waals surface area (Å²) in [7, 11) is 2.02. The minimum atomic E-state index is 0.241. The highest BCUT2D eigenvalue weighted by molar-refractivity contribution is 6.00. The summed E-state index contributed by atoms with van der Waals surface area (Å²) in [5.74, 6) is 2.75. The third-order valence-electron chi connectivity index (χ3n) is 9.23. The van der Waals surface area contributed by atoms with Crippen molar-refractivity contribution < 1.29 is 4.79 Å². The molecule has 1 saturated heterocycles. The summed E-state index contributed by atoms with van der Waals surface area (Å²) >= 11 is 0. The zero-order valence-electron chi connectivity index (χ0n) is 31.2. The van der Waals surface area contributed by atoms with Crippen LogP contribution >= 0.6 is 0 Å². The number of hydrogen-bond donors (Lipinski definition) is 3. The largest absolute Gasteiger partial charge is 0.372 e. The number of aromatic nitrogens is 1. The molecule has 1 aromatic heterocycles. The quantitative estimate of drug-likeness (QED) is 0.189. The van der Waals surface area contributed by atoms with Gasteiger partial charge in [0.2, 0.25) is 18.3 Å². The zero-order chi connectivity index (χ0) is 36.8. The highest BCUT2D eigenvalue weighted by Crippen LogP contribution is 2.31. The molecule has 272 valence electrons. The average Bonchev–Trinajstić information content (AvgIpc) is 3.12. The number of benzene rings is 2. The predicted molar refractivity (Wildman–Crippen MR) is 214 cm³/mol. The molecule has 1 amide bonds. The summed E-state index contributed by atoms with van der Waals surface area (Å²) in [6, 6.07) is 17.5. The molecule has 5 N–H and O–H groups in total. The molecule has 5 rings (SSSR count). The fourth-order valence-corrected chi connectivity index (χ4v) is 6.59. The number of likely N-dealkylation sites (tertiary alicyclic amines) is 1. The van der Waals surface area contributed by atoms with E-state index in [1.54, 1.807) is 0 Å². The van der Waals surface area contributed by atoms with Gasteiger partial charge in [-0.2, -0.15) is 4.99 Å². The van der Waals surface area contributed by atoms with Gasteiger partial charge in [0.15, 0.2) is 0 Å². The van der Waals surface area contributed by atoms with Crippen LogP contribution in [0, 0.1) is 5.92 Å². The minimum absolute atomic E-state index is 0.241. The number of piperidine rings is 1. The fourth-order valence-electron chi connectivity index (χ4n) is 6.59. The molecule has 51 heavy (non-hydrogen) atoms. The maximum Gasteiger partial charge on any atom is 0.229 e. The smallest absolute Gasteiger partial charge is 0.229 e. The normalized spacial score (nSPS) is 17.1. The van der Waals surface area contributed by atoms with Crippen LogP contribution in [0.3, 0.4) is 0 Å². The van der Waals surface area contributed by atoms with E-state index in [2.05, 4.69) is 116 Å². The van der Waals surface area contributed by atoms with Crippen molar-refractivity contribution >= 4 is 35.2 Å². The Balaban J connectivity index is 0.00000188. The number of fused-ring (bicyclic) bond motifs is 1. The van der Waals surface area contributed by atoms with Gasteiger partial charge < -0.3 is 21.7 Å². The molecule has 0 aliphatic carbocycles. The van der Waals surface area contributed by atoms with Crippen molar-refractivity contribution in [3.63, 3.8) is 0 Å². The summed E-state index contributed by atoms with van der Waals surface area (Å²) in [5, 5.41) is 5.92. The van der Waals surface area contributed by atoms with Gasteiger partial charge >= 0.3 is 0 Å². The maximum absolute atomic E-state index is 8.58. The van der Waals surface area contributed by atoms with Crippen molar-refractivity contribution in [3.8, 4) is 11.3 Å². The van der Waals surface area contributed by atoms with Gasteiger partial charge in [-0.3, -0.25) is 19.6 Å². The Morgan fingerprint density at radius 3 is 2.49 bits per heavy atom. The van der Waals surface area contributed by atoms with E-state index in [-0.39, 0.29) is 18.4 Å². The van der Waals surface area contributed by atoms with Crippen LogP contribution in [0.15, 0.2) is 94.8 Å². The van der Waals surface area contributed by atoms with Crippen LogP contribution in [0.4, 0.5) is 0 Å². The first kappa shape index (κ1) is 39.0. The number of amides is 1. The van der Waals surface area contributed by atoms with Gasteiger partial charge in [0, 0.05) is 49.9 Å². The highest BCUT2D eigenvalue weighted by atomic mass is 16.1. The molecule has 0 saturated carbocycles. The number of nitrogens with zero attached hydrogens (tertiary/aromatic N) is 6. The summed E-state index contributed by atoms with van der Waals surface area (Å²) < 4.78 is 0. The Bertz CT molecular complexity index is 1730. The Hall–Kier alpha value is -4.80. The van der Waals surface area contributed by atoms with Crippen LogP contribution in [0.25, 0.3) is 28.1 Å². The standard InChI is InChI=1S/C40H54N8.CH3NO/c1-7-22-47(23-8-2)24-12-13-30-16-17-36-31(27-30)18-21-42-37(36)35-15-11-10-14-32(35)28-43-39-45-40(48-25-19-33(41)20-26-48)44-38(46(39)6)34(9-3)29(4)5;2-1-3/h9-18,21,27,29,33H,3,7-8,19-20,22-26,28,41H2,1-2,4-6H3,(H,43,44,45);1H,(H2,2,3)/b13-12+,38-34+;. The lowest BCUT2D eigenvalue weighted by Crippen LogP contribution is -2.53. The molecule has 3 heterocycles. The van der Waals surface area contributed by atoms with Crippen molar-refractivity contribution in [2.75, 3.05) is 39.8 Å². The van der Waals surface area contributed by atoms with Gasteiger partial charge in [0.25, 0.3) is 0 Å². The molecule has 1 fully saturated rings. The van der Waals surface area contributed by atoms with Gasteiger partial charge in [0.1, 0.15) is 5.82 Å². The molecule has 0 spiro atoms. The Kier molecular flexibility index (Phi) is 15.0. The summed E-state index contributed by atoms with van der Waals surface area (Å²) in [4.78, 5) is 30.5. The van der Waals surface area contributed by atoms with E-state index >= 15 is 0 Å². The summed E-state index contributed by atoms with van der Waals surface area (Å²) in [5.41, 5.74) is 15.9. The first-order valence-electron chi connectivity index (χ1n) is 18.3. The second kappa shape index (κ2) is 19.6. The van der Waals surface area contributed by atoms with E-state index in [1.807, 2.05) is 24.2 Å². The van der Waals surface area contributed by atoms with Gasteiger partial charge in [-0.25, -0.2) is 4.99 Å². The number of pyridine rings is 1. The minimum Gasteiger partial charge on any atom is -0.372 e. The number of carbonyl (C=O) groups is 1. The molecule has 2 aromatic carbocycles. The topological polar surface area (TPSA) is 128 Å². The highest BCUT2D eigenvalue weighted by Gasteiger charge is 2.28. The van der Waals surface area contributed by atoms with E-state index < -0.39 is 0 Å². The number of carbonyl (C=O) groups excluding carboxylic acids is 1. The van der Waals surface area contributed by atoms with Gasteiger partial charge in [-0.15, -0.1) is 0 Å². The zero-order valence-corrected chi connectivity index (χ0v) is 31.2. The molecule has 2 aliphatic heterocycles. The maximum atomic E-state index is 8.58. The van der Waals surface area contributed by atoms with Crippen LogP contribution in [0.1, 0.15) is 64.5 Å². The number of nitrogens with two attached hydrogens (primary N) is 2. The molecular formula is C41H57N9O. The number of rotatable bonds is 12. The number of aliphatic imine (C=N–C) groups is 2. The average molecular weight is 692 g/mol. The molecule has 0 bridgehead atoms. The van der Waals surface area contributed by atoms with Crippen molar-refractivity contribution in [2.45, 2.75) is 66.0 Å². The van der Waals surface area contributed by atoms with Crippen LogP contribution in [0.5, 0.6) is 0 Å². The van der Waals surface area contributed by atoms with Crippen molar-refractivity contribution in [2.24, 2.45) is 27.4 Å². The van der Waals surface area contributed by atoms with E-state index in [0.717, 1.165) is 85.1 Å². The SMILES string of the molecule is C=C/C(=C1/NC(N2CCC(N)CC2)=NC(=NCc2ccccc2-c2nccc3cc(/C=C/CN(CCC)CCC)ccc23)N1C)C(C)C.NC=O. The molecular weight excluding hydrogens is 635 g/mol. The monoisotopic (exact) mass is 691 g/mol. The second-order valence-electron chi connectivity index (χ2n) is 13.4. The van der Waals surface area contributed by atoms with Crippen molar-refractivity contribution in [1.82, 2.24) is 25.0 Å². The van der Waals surface area contributed by atoms with Crippen LogP contribution in [0.2, 0.25) is 0 Å². The molecule has 2 aliphatic rings. The lowest BCUT2D eigenvalue weighted by atomic mass is 9.98. The molecule has 0 radical (unpaired) electrons. The Labute approximate surface area is 304 Å². The lowest BCUT2D eigenvalue weighted by molar-refractivity contribution is -0.106. The Morgan fingerprint density at radius 2 is 1.82 bits per heavy atom. The van der Waals surface area contributed by atoms with Crippen LogP contribution in [-0.4, -0.2) is 83.8 Å². The van der Waals surface area contributed by atoms with Gasteiger partial charge in [-0.1, -0.05) is 88.9 Å². The summed E-state index contributed by atoms with van der Waals surface area (Å²) in [6.45, 7) is 18.4. The molecule has 0 atom stereocenters. The van der Waals surface area contributed by atoms with Crippen molar-refractivity contribution in [1.29, 1.82) is 0 Å². The number of nitrogens with one attached hydrogen (secondary N) is 1. The second-order valence-corrected chi connectivity index (χ2v) is 13.4. The number of allylic oxidation sites excluding steroid dienone is 2. The fraction of sp³-hybridized carbons (Fsp3) is 0.415.